The first-order valence-electron chi connectivity index (χ1n) is 9.54. The summed E-state index contributed by atoms with van der Waals surface area (Å²) in [4.78, 5) is 26.1. The first-order chi connectivity index (χ1) is 13.3. The molecule has 5 rings (SSSR count). The number of aromatic nitrogens is 4. The Morgan fingerprint density at radius 1 is 1.00 bits per heavy atom. The smallest absolute Gasteiger partial charge is 0.226 e. The Kier molecular flexibility index (Phi) is 3.99. The summed E-state index contributed by atoms with van der Waals surface area (Å²) in [6.45, 7) is 3.93. The summed E-state index contributed by atoms with van der Waals surface area (Å²) in [5.41, 5.74) is 2.13. The predicted molar refractivity (Wildman–Crippen MR) is 102 cm³/mol. The van der Waals surface area contributed by atoms with Gasteiger partial charge in [-0.25, -0.2) is 9.97 Å². The summed E-state index contributed by atoms with van der Waals surface area (Å²) < 4.78 is 2.02. The molecule has 1 aromatic carbocycles. The Morgan fingerprint density at radius 3 is 2.74 bits per heavy atom. The standard InChI is InChI=1S/C20H22N6O/c27-20(15-6-8-26-16(13-15)5-7-23-26)25-11-9-24(10-12-25)19-17-3-1-2-4-18(17)21-14-22-19/h1-5,7,14-15H,6,8-13H2. The zero-order valence-corrected chi connectivity index (χ0v) is 15.2. The fraction of sp³-hybridized carbons (Fsp3) is 0.400. The Labute approximate surface area is 157 Å². The van der Waals surface area contributed by atoms with E-state index >= 15 is 0 Å². The van der Waals surface area contributed by atoms with Gasteiger partial charge >= 0.3 is 0 Å². The number of hydrogen-bond donors (Lipinski definition) is 0. The third-order valence-electron chi connectivity index (χ3n) is 5.71. The van der Waals surface area contributed by atoms with Crippen molar-refractivity contribution in [3.05, 3.63) is 48.5 Å². The van der Waals surface area contributed by atoms with Crippen molar-refractivity contribution in [3.8, 4) is 0 Å². The predicted octanol–water partition coefficient (Wildman–Crippen LogP) is 1.74. The minimum Gasteiger partial charge on any atom is -0.352 e. The van der Waals surface area contributed by atoms with Crippen molar-refractivity contribution in [1.29, 1.82) is 0 Å². The van der Waals surface area contributed by atoms with E-state index in [2.05, 4.69) is 26.0 Å². The molecule has 7 heteroatoms. The van der Waals surface area contributed by atoms with Gasteiger partial charge in [0.1, 0.15) is 12.1 Å². The molecule has 0 spiro atoms. The molecule has 1 atom stereocenters. The Balaban J connectivity index is 1.27. The molecule has 2 aromatic heterocycles. The molecule has 1 amide bonds. The average molecular weight is 362 g/mol. The van der Waals surface area contributed by atoms with Gasteiger partial charge < -0.3 is 9.80 Å². The molecule has 4 heterocycles. The summed E-state index contributed by atoms with van der Waals surface area (Å²) >= 11 is 0. The highest BCUT2D eigenvalue weighted by Gasteiger charge is 2.31. The molecule has 138 valence electrons. The maximum Gasteiger partial charge on any atom is 0.226 e. The molecule has 1 fully saturated rings. The molecule has 27 heavy (non-hydrogen) atoms. The van der Waals surface area contributed by atoms with E-state index in [0.717, 1.165) is 62.3 Å². The van der Waals surface area contributed by atoms with Crippen molar-refractivity contribution in [1.82, 2.24) is 24.6 Å². The molecule has 1 saturated heterocycles. The second-order valence-corrected chi connectivity index (χ2v) is 7.26. The molecule has 7 nitrogen and oxygen atoms in total. The minimum atomic E-state index is 0.0839. The highest BCUT2D eigenvalue weighted by Crippen LogP contribution is 2.25. The van der Waals surface area contributed by atoms with Crippen LogP contribution in [0.3, 0.4) is 0 Å². The van der Waals surface area contributed by atoms with Crippen LogP contribution < -0.4 is 4.90 Å². The van der Waals surface area contributed by atoms with Crippen LogP contribution in [0.25, 0.3) is 10.9 Å². The van der Waals surface area contributed by atoms with Crippen molar-refractivity contribution in [2.24, 2.45) is 5.92 Å². The van der Waals surface area contributed by atoms with Gasteiger partial charge in [0, 0.05) is 62.3 Å². The largest absolute Gasteiger partial charge is 0.352 e. The number of carbonyl (C=O) groups is 1. The van der Waals surface area contributed by atoms with Gasteiger partial charge in [0.2, 0.25) is 5.91 Å². The number of fused-ring (bicyclic) bond motifs is 2. The van der Waals surface area contributed by atoms with Crippen LogP contribution in [-0.4, -0.2) is 56.7 Å². The lowest BCUT2D eigenvalue weighted by Crippen LogP contribution is -2.51. The van der Waals surface area contributed by atoms with Crippen molar-refractivity contribution >= 4 is 22.6 Å². The summed E-state index contributed by atoms with van der Waals surface area (Å²) in [7, 11) is 0. The van der Waals surface area contributed by atoms with Crippen LogP contribution in [-0.2, 0) is 17.8 Å². The zero-order valence-electron chi connectivity index (χ0n) is 15.2. The average Bonchev–Trinajstić information content (AvgIpc) is 3.21. The maximum atomic E-state index is 13.0. The van der Waals surface area contributed by atoms with E-state index in [4.69, 9.17) is 0 Å². The molecule has 0 bridgehead atoms. The van der Waals surface area contributed by atoms with Crippen molar-refractivity contribution in [2.45, 2.75) is 19.4 Å². The van der Waals surface area contributed by atoms with Gasteiger partial charge in [-0.05, 0) is 24.6 Å². The van der Waals surface area contributed by atoms with E-state index < -0.39 is 0 Å². The molecule has 1 unspecified atom stereocenters. The van der Waals surface area contributed by atoms with E-state index in [9.17, 15) is 4.79 Å². The summed E-state index contributed by atoms with van der Waals surface area (Å²) in [6, 6.07) is 10.1. The summed E-state index contributed by atoms with van der Waals surface area (Å²) in [5, 5.41) is 5.37. The fourth-order valence-corrected chi connectivity index (χ4v) is 4.22. The van der Waals surface area contributed by atoms with E-state index in [1.54, 1.807) is 6.33 Å². The number of amides is 1. The molecular weight excluding hydrogens is 340 g/mol. The Hall–Kier alpha value is -2.96. The molecule has 0 N–H and O–H groups in total. The van der Waals surface area contributed by atoms with Crippen LogP contribution in [0, 0.1) is 5.92 Å². The maximum absolute atomic E-state index is 13.0. The first-order valence-corrected chi connectivity index (χ1v) is 9.54. The summed E-state index contributed by atoms with van der Waals surface area (Å²) in [6.07, 6.45) is 5.13. The topological polar surface area (TPSA) is 67.2 Å². The van der Waals surface area contributed by atoms with Crippen LogP contribution in [0.5, 0.6) is 0 Å². The summed E-state index contributed by atoms with van der Waals surface area (Å²) in [5.74, 6) is 1.34. The molecule has 0 aliphatic carbocycles. The van der Waals surface area contributed by atoms with E-state index in [0.29, 0.717) is 0 Å². The highest BCUT2D eigenvalue weighted by atomic mass is 16.2. The molecule has 0 saturated carbocycles. The number of aryl methyl sites for hydroxylation is 1. The van der Waals surface area contributed by atoms with Gasteiger partial charge in [0.15, 0.2) is 0 Å². The second kappa shape index (κ2) is 6.64. The number of benzene rings is 1. The number of hydrogen-bond acceptors (Lipinski definition) is 5. The fourth-order valence-electron chi connectivity index (χ4n) is 4.22. The number of rotatable bonds is 2. The number of para-hydroxylation sites is 1. The molecular formula is C20H22N6O. The van der Waals surface area contributed by atoms with E-state index in [1.165, 1.54) is 5.69 Å². The number of piperazine rings is 1. The normalized spacial score (nSPS) is 19.9. The number of nitrogens with zero attached hydrogens (tertiary/aromatic N) is 6. The lowest BCUT2D eigenvalue weighted by atomic mass is 9.94. The quantitative estimate of drug-likeness (QED) is 0.695. The monoisotopic (exact) mass is 362 g/mol. The van der Waals surface area contributed by atoms with Crippen LogP contribution >= 0.6 is 0 Å². The van der Waals surface area contributed by atoms with Crippen LogP contribution in [0.2, 0.25) is 0 Å². The van der Waals surface area contributed by atoms with Gasteiger partial charge in [0.05, 0.1) is 5.52 Å². The first kappa shape index (κ1) is 16.2. The molecule has 2 aliphatic heterocycles. The molecule has 0 radical (unpaired) electrons. The van der Waals surface area contributed by atoms with Crippen LogP contribution in [0.4, 0.5) is 5.82 Å². The second-order valence-electron chi connectivity index (χ2n) is 7.26. The van der Waals surface area contributed by atoms with E-state index in [1.807, 2.05) is 40.0 Å². The van der Waals surface area contributed by atoms with Gasteiger partial charge in [0.25, 0.3) is 0 Å². The van der Waals surface area contributed by atoms with Gasteiger partial charge in [-0.1, -0.05) is 12.1 Å². The Morgan fingerprint density at radius 2 is 1.85 bits per heavy atom. The van der Waals surface area contributed by atoms with E-state index in [-0.39, 0.29) is 11.8 Å². The zero-order chi connectivity index (χ0) is 18.2. The number of carbonyl (C=O) groups excluding carboxylic acids is 1. The van der Waals surface area contributed by atoms with Crippen molar-refractivity contribution in [2.75, 3.05) is 31.1 Å². The van der Waals surface area contributed by atoms with Crippen molar-refractivity contribution < 1.29 is 4.79 Å². The molecule has 2 aliphatic rings. The molecule has 3 aromatic rings. The van der Waals surface area contributed by atoms with Gasteiger partial charge in [-0.2, -0.15) is 5.10 Å². The SMILES string of the molecule is O=C(C1CCn2nccc2C1)N1CCN(c2ncnc3ccccc23)CC1. The van der Waals surface area contributed by atoms with Gasteiger partial charge in [-0.15, -0.1) is 0 Å². The highest BCUT2D eigenvalue weighted by molar-refractivity contribution is 5.89. The van der Waals surface area contributed by atoms with Gasteiger partial charge in [-0.3, -0.25) is 9.48 Å². The third-order valence-corrected chi connectivity index (χ3v) is 5.71. The lowest BCUT2D eigenvalue weighted by molar-refractivity contribution is -0.136. The lowest BCUT2D eigenvalue weighted by Gasteiger charge is -2.38. The van der Waals surface area contributed by atoms with Crippen molar-refractivity contribution in [3.63, 3.8) is 0 Å². The van der Waals surface area contributed by atoms with Crippen LogP contribution in [0.1, 0.15) is 12.1 Å². The minimum absolute atomic E-state index is 0.0839. The number of anilines is 1. The van der Waals surface area contributed by atoms with Crippen LogP contribution in [0.15, 0.2) is 42.9 Å². The third kappa shape index (κ3) is 2.93. The Bertz CT molecular complexity index is 970.